The van der Waals surface area contributed by atoms with Crippen molar-refractivity contribution in [3.8, 4) is 0 Å². The first-order chi connectivity index (χ1) is 7.49. The number of benzene rings is 1. The predicted octanol–water partition coefficient (Wildman–Crippen LogP) is 0.583. The summed E-state index contributed by atoms with van der Waals surface area (Å²) in [6, 6.07) is 4.50. The molecule has 0 bridgehead atoms. The minimum Gasteiger partial charge on any atom is -0.398 e. The van der Waals surface area contributed by atoms with E-state index in [1.165, 1.54) is 12.1 Å². The lowest BCUT2D eigenvalue weighted by atomic mass is 10.3. The maximum Gasteiger partial charge on any atom is 0.244 e. The van der Waals surface area contributed by atoms with E-state index < -0.39 is 10.0 Å². The van der Waals surface area contributed by atoms with Gasteiger partial charge in [-0.15, -0.1) is 0 Å². The van der Waals surface area contributed by atoms with E-state index in [-0.39, 0.29) is 28.8 Å². The average molecular weight is 265 g/mol. The Bertz CT molecular complexity index is 442. The third-order valence-corrected chi connectivity index (χ3v) is 3.90. The van der Waals surface area contributed by atoms with Crippen LogP contribution in [0.3, 0.4) is 0 Å². The fourth-order valence-electron chi connectivity index (χ4n) is 1.17. The number of aliphatic hydroxyl groups is 1. The lowest BCUT2D eigenvalue weighted by molar-refractivity contribution is 0.289. The number of sulfonamides is 1. The van der Waals surface area contributed by atoms with E-state index in [0.717, 1.165) is 0 Å². The fourth-order valence-corrected chi connectivity index (χ4v) is 2.91. The van der Waals surface area contributed by atoms with Crippen LogP contribution in [0.4, 0.5) is 5.69 Å². The van der Waals surface area contributed by atoms with E-state index >= 15 is 0 Å². The average Bonchev–Trinajstić information content (AvgIpc) is 2.17. The molecule has 4 N–H and O–H groups in total. The standard InChI is InChI=1S/C9H13ClN2O3S/c10-7-3-1-4-8(11)9(7)16(14,15)12-5-2-6-13/h1,3-4,12-13H,2,5-6,11H2. The summed E-state index contributed by atoms with van der Waals surface area (Å²) < 4.78 is 25.9. The molecular formula is C9H13ClN2O3S. The van der Waals surface area contributed by atoms with Crippen molar-refractivity contribution < 1.29 is 13.5 Å². The summed E-state index contributed by atoms with van der Waals surface area (Å²) in [6.07, 6.45) is 0.337. The molecule has 90 valence electrons. The van der Waals surface area contributed by atoms with E-state index in [1.807, 2.05) is 0 Å². The van der Waals surface area contributed by atoms with Crippen molar-refractivity contribution in [2.45, 2.75) is 11.3 Å². The fraction of sp³-hybridized carbons (Fsp3) is 0.333. The number of anilines is 1. The van der Waals surface area contributed by atoms with Crippen molar-refractivity contribution >= 4 is 27.3 Å². The molecule has 0 unspecified atom stereocenters. The highest BCUT2D eigenvalue weighted by atomic mass is 35.5. The van der Waals surface area contributed by atoms with Gasteiger partial charge in [0.2, 0.25) is 10.0 Å². The van der Waals surface area contributed by atoms with Crippen LogP contribution in [0.25, 0.3) is 0 Å². The van der Waals surface area contributed by atoms with Crippen molar-refractivity contribution in [1.82, 2.24) is 4.72 Å². The number of rotatable bonds is 5. The first kappa shape index (κ1) is 13.2. The molecule has 0 saturated carbocycles. The Kier molecular flexibility index (Phi) is 4.55. The van der Waals surface area contributed by atoms with Crippen molar-refractivity contribution in [3.05, 3.63) is 23.2 Å². The SMILES string of the molecule is Nc1cccc(Cl)c1S(=O)(=O)NCCCO. The molecule has 0 aliphatic heterocycles. The summed E-state index contributed by atoms with van der Waals surface area (Å²) in [5.74, 6) is 0. The third kappa shape index (κ3) is 3.08. The van der Waals surface area contributed by atoms with Gasteiger partial charge >= 0.3 is 0 Å². The molecule has 0 amide bonds. The largest absolute Gasteiger partial charge is 0.398 e. The maximum atomic E-state index is 11.8. The van der Waals surface area contributed by atoms with Gasteiger partial charge in [0.05, 0.1) is 10.7 Å². The molecule has 1 aromatic carbocycles. The summed E-state index contributed by atoms with van der Waals surface area (Å²) in [7, 11) is -3.71. The molecule has 0 spiro atoms. The zero-order valence-electron chi connectivity index (χ0n) is 8.48. The number of halogens is 1. The Hall–Kier alpha value is -0.820. The minimum absolute atomic E-state index is 0.0801. The molecule has 1 aromatic rings. The van der Waals surface area contributed by atoms with Gasteiger partial charge < -0.3 is 10.8 Å². The van der Waals surface area contributed by atoms with Crippen LogP contribution >= 0.6 is 11.6 Å². The number of hydrogen-bond donors (Lipinski definition) is 3. The number of nitrogen functional groups attached to an aromatic ring is 1. The van der Waals surface area contributed by atoms with Gasteiger partial charge in [-0.25, -0.2) is 13.1 Å². The Balaban J connectivity index is 2.98. The minimum atomic E-state index is -3.71. The smallest absolute Gasteiger partial charge is 0.244 e. The quantitative estimate of drug-likeness (QED) is 0.536. The first-order valence-electron chi connectivity index (χ1n) is 4.63. The monoisotopic (exact) mass is 264 g/mol. The second kappa shape index (κ2) is 5.49. The van der Waals surface area contributed by atoms with Gasteiger partial charge in [0.15, 0.2) is 0 Å². The molecule has 7 heteroatoms. The van der Waals surface area contributed by atoms with Crippen LogP contribution in [0.15, 0.2) is 23.1 Å². The topological polar surface area (TPSA) is 92.4 Å². The molecule has 16 heavy (non-hydrogen) atoms. The molecule has 0 atom stereocenters. The second-order valence-corrected chi connectivity index (χ2v) is 5.24. The van der Waals surface area contributed by atoms with Crippen LogP contribution < -0.4 is 10.5 Å². The number of aliphatic hydroxyl groups excluding tert-OH is 1. The number of nitrogens with two attached hydrogens (primary N) is 1. The molecule has 0 aromatic heterocycles. The highest BCUT2D eigenvalue weighted by Crippen LogP contribution is 2.26. The van der Waals surface area contributed by atoms with E-state index in [4.69, 9.17) is 22.4 Å². The normalized spacial score (nSPS) is 11.6. The van der Waals surface area contributed by atoms with Gasteiger partial charge in [0.25, 0.3) is 0 Å². The summed E-state index contributed by atoms with van der Waals surface area (Å²) >= 11 is 5.78. The van der Waals surface area contributed by atoms with E-state index in [1.54, 1.807) is 6.07 Å². The summed E-state index contributed by atoms with van der Waals surface area (Å²) in [4.78, 5) is -0.116. The Morgan fingerprint density at radius 1 is 1.44 bits per heavy atom. The zero-order valence-corrected chi connectivity index (χ0v) is 10.1. The molecule has 0 saturated heterocycles. The number of nitrogens with one attached hydrogen (secondary N) is 1. The van der Waals surface area contributed by atoms with Crippen molar-refractivity contribution in [2.75, 3.05) is 18.9 Å². The highest BCUT2D eigenvalue weighted by molar-refractivity contribution is 7.89. The van der Waals surface area contributed by atoms with Gasteiger partial charge in [-0.1, -0.05) is 17.7 Å². The van der Waals surface area contributed by atoms with E-state index in [0.29, 0.717) is 6.42 Å². The Labute approximate surface area is 99.3 Å². The molecule has 0 aliphatic rings. The van der Waals surface area contributed by atoms with Gasteiger partial charge in [-0.2, -0.15) is 0 Å². The number of hydrogen-bond acceptors (Lipinski definition) is 4. The predicted molar refractivity (Wildman–Crippen MR) is 62.8 cm³/mol. The van der Waals surface area contributed by atoms with Crippen LogP contribution in [0.5, 0.6) is 0 Å². The van der Waals surface area contributed by atoms with E-state index in [9.17, 15) is 8.42 Å². The summed E-state index contributed by atoms with van der Waals surface area (Å²) in [6.45, 7) is 0.0595. The Morgan fingerprint density at radius 3 is 2.69 bits per heavy atom. The highest BCUT2D eigenvalue weighted by Gasteiger charge is 2.20. The summed E-state index contributed by atoms with van der Waals surface area (Å²) in [5.41, 5.74) is 5.66. The van der Waals surface area contributed by atoms with Crippen molar-refractivity contribution in [3.63, 3.8) is 0 Å². The van der Waals surface area contributed by atoms with Crippen LogP contribution in [-0.4, -0.2) is 26.7 Å². The molecule has 5 nitrogen and oxygen atoms in total. The molecular weight excluding hydrogens is 252 g/mol. The van der Waals surface area contributed by atoms with Crippen LogP contribution in [0.2, 0.25) is 5.02 Å². The van der Waals surface area contributed by atoms with E-state index in [2.05, 4.69) is 4.72 Å². The van der Waals surface area contributed by atoms with Crippen molar-refractivity contribution in [2.24, 2.45) is 0 Å². The van der Waals surface area contributed by atoms with Gasteiger partial charge in [0.1, 0.15) is 4.90 Å². The van der Waals surface area contributed by atoms with Gasteiger partial charge in [-0.05, 0) is 18.6 Å². The van der Waals surface area contributed by atoms with Gasteiger partial charge in [0, 0.05) is 13.2 Å². The lowest BCUT2D eigenvalue weighted by Gasteiger charge is -2.09. The molecule has 1 rings (SSSR count). The zero-order chi connectivity index (χ0) is 12.2. The second-order valence-electron chi connectivity index (χ2n) is 3.13. The van der Waals surface area contributed by atoms with Crippen LogP contribution in [-0.2, 0) is 10.0 Å². The third-order valence-electron chi connectivity index (χ3n) is 1.89. The molecule has 0 radical (unpaired) electrons. The molecule has 0 fully saturated rings. The molecule has 0 heterocycles. The van der Waals surface area contributed by atoms with Gasteiger partial charge in [-0.3, -0.25) is 0 Å². The molecule has 0 aliphatic carbocycles. The maximum absolute atomic E-state index is 11.8. The van der Waals surface area contributed by atoms with Crippen LogP contribution in [0.1, 0.15) is 6.42 Å². The lowest BCUT2D eigenvalue weighted by Crippen LogP contribution is -2.26. The Morgan fingerprint density at radius 2 is 2.12 bits per heavy atom. The van der Waals surface area contributed by atoms with Crippen molar-refractivity contribution in [1.29, 1.82) is 0 Å². The van der Waals surface area contributed by atoms with Crippen LogP contribution in [0, 0.1) is 0 Å². The first-order valence-corrected chi connectivity index (χ1v) is 6.49. The summed E-state index contributed by atoms with van der Waals surface area (Å²) in [5, 5.41) is 8.64.